The number of ether oxygens (including phenoxy) is 2. The van der Waals surface area contributed by atoms with E-state index in [2.05, 4.69) is 21.0 Å². The summed E-state index contributed by atoms with van der Waals surface area (Å²) in [7, 11) is 1.77. The van der Waals surface area contributed by atoms with E-state index in [0.29, 0.717) is 10.4 Å². The molecule has 1 aromatic rings. The first-order chi connectivity index (χ1) is 9.67. The van der Waals surface area contributed by atoms with Crippen molar-refractivity contribution in [1.29, 1.82) is 0 Å². The van der Waals surface area contributed by atoms with Gasteiger partial charge in [0.2, 0.25) is 0 Å². The van der Waals surface area contributed by atoms with Crippen LogP contribution >= 0.6 is 15.9 Å². The quantitative estimate of drug-likeness (QED) is 0.864. The van der Waals surface area contributed by atoms with Crippen molar-refractivity contribution < 1.29 is 19.4 Å². The van der Waals surface area contributed by atoms with E-state index in [-0.39, 0.29) is 13.1 Å². The lowest BCUT2D eigenvalue weighted by atomic mass is 10.2. The molecule has 0 aromatic carbocycles. The Bertz CT molecular complexity index is 526. The van der Waals surface area contributed by atoms with Crippen LogP contribution in [0.25, 0.3) is 0 Å². The molecule has 1 fully saturated rings. The maximum Gasteiger partial charge on any atom is 0.410 e. The molecule has 2 atom stereocenters. The van der Waals surface area contributed by atoms with Crippen molar-refractivity contribution in [2.24, 2.45) is 7.05 Å². The fourth-order valence-electron chi connectivity index (χ4n) is 1.99. The first kappa shape index (κ1) is 16.1. The molecule has 1 N–H and O–H groups in total. The van der Waals surface area contributed by atoms with Crippen LogP contribution in [0.4, 0.5) is 4.79 Å². The van der Waals surface area contributed by atoms with Crippen LogP contribution in [0.2, 0.25) is 0 Å². The van der Waals surface area contributed by atoms with Crippen LogP contribution in [0.1, 0.15) is 20.8 Å². The van der Waals surface area contributed by atoms with Crippen LogP contribution in [0.5, 0.6) is 5.75 Å². The smallest absolute Gasteiger partial charge is 0.410 e. The lowest BCUT2D eigenvalue weighted by molar-refractivity contribution is 0.0268. The average Bonchev–Trinajstić information content (AvgIpc) is 2.86. The van der Waals surface area contributed by atoms with Crippen LogP contribution in [0.15, 0.2) is 10.8 Å². The number of carbonyl (C=O) groups is 1. The number of β-amino-alcohol motifs (C(OH)–C–C–N with tert-alkyl or cyclic N) is 1. The first-order valence-electron chi connectivity index (χ1n) is 6.67. The molecule has 118 valence electrons. The summed E-state index contributed by atoms with van der Waals surface area (Å²) in [6.07, 6.45) is -0.145. The Morgan fingerprint density at radius 1 is 1.48 bits per heavy atom. The van der Waals surface area contributed by atoms with E-state index in [4.69, 9.17) is 9.47 Å². The number of aryl methyl sites for hydroxylation is 1. The summed E-state index contributed by atoms with van der Waals surface area (Å²) in [5, 5.41) is 14.1. The van der Waals surface area contributed by atoms with Crippen molar-refractivity contribution >= 4 is 22.0 Å². The highest BCUT2D eigenvalue weighted by Crippen LogP contribution is 2.27. The predicted molar refractivity (Wildman–Crippen MR) is 79.1 cm³/mol. The van der Waals surface area contributed by atoms with E-state index in [9.17, 15) is 9.90 Å². The topological polar surface area (TPSA) is 76.8 Å². The highest BCUT2D eigenvalue weighted by Gasteiger charge is 2.38. The van der Waals surface area contributed by atoms with Gasteiger partial charge in [-0.1, -0.05) is 0 Å². The van der Waals surface area contributed by atoms with Crippen LogP contribution in [0.3, 0.4) is 0 Å². The first-order valence-corrected chi connectivity index (χ1v) is 7.47. The number of likely N-dealkylation sites (tertiary alicyclic amines) is 1. The van der Waals surface area contributed by atoms with E-state index in [1.807, 2.05) is 0 Å². The highest BCUT2D eigenvalue weighted by molar-refractivity contribution is 9.10. The molecule has 0 spiro atoms. The van der Waals surface area contributed by atoms with Gasteiger partial charge >= 0.3 is 6.09 Å². The summed E-state index contributed by atoms with van der Waals surface area (Å²) < 4.78 is 13.3. The van der Waals surface area contributed by atoms with Gasteiger partial charge in [-0.2, -0.15) is 5.10 Å². The van der Waals surface area contributed by atoms with Gasteiger partial charge in [0.1, 0.15) is 22.4 Å². The van der Waals surface area contributed by atoms with E-state index >= 15 is 0 Å². The maximum absolute atomic E-state index is 12.0. The zero-order valence-corrected chi connectivity index (χ0v) is 14.1. The van der Waals surface area contributed by atoms with Crippen molar-refractivity contribution in [3.63, 3.8) is 0 Å². The Morgan fingerprint density at radius 3 is 2.67 bits per heavy atom. The van der Waals surface area contributed by atoms with E-state index in [0.717, 1.165) is 0 Å². The van der Waals surface area contributed by atoms with Crippen molar-refractivity contribution in [3.05, 3.63) is 10.8 Å². The van der Waals surface area contributed by atoms with Crippen LogP contribution in [-0.4, -0.2) is 56.8 Å². The third-order valence-corrected chi connectivity index (χ3v) is 3.91. The zero-order chi connectivity index (χ0) is 15.8. The molecule has 0 saturated carbocycles. The highest BCUT2D eigenvalue weighted by atomic mass is 79.9. The Balaban J connectivity index is 1.98. The number of halogens is 1. The summed E-state index contributed by atoms with van der Waals surface area (Å²) in [6.45, 7) is 5.88. The minimum atomic E-state index is -0.760. The minimum absolute atomic E-state index is 0.192. The minimum Gasteiger partial charge on any atom is -0.481 e. The van der Waals surface area contributed by atoms with Gasteiger partial charge in [-0.25, -0.2) is 4.79 Å². The fraction of sp³-hybridized carbons (Fsp3) is 0.692. The van der Waals surface area contributed by atoms with E-state index in [1.54, 1.807) is 38.7 Å². The van der Waals surface area contributed by atoms with Gasteiger partial charge in [0.25, 0.3) is 0 Å². The number of amides is 1. The fourth-order valence-corrected chi connectivity index (χ4v) is 2.28. The summed E-state index contributed by atoms with van der Waals surface area (Å²) in [6, 6.07) is 0. The van der Waals surface area contributed by atoms with Gasteiger partial charge in [0, 0.05) is 7.05 Å². The number of aromatic nitrogens is 2. The van der Waals surface area contributed by atoms with Crippen molar-refractivity contribution in [2.75, 3.05) is 13.1 Å². The number of carbonyl (C=O) groups excluding carboxylic acids is 1. The lowest BCUT2D eigenvalue weighted by Gasteiger charge is -2.24. The van der Waals surface area contributed by atoms with Gasteiger partial charge in [0.05, 0.1) is 19.3 Å². The predicted octanol–water partition coefficient (Wildman–Crippen LogP) is 1.54. The molecule has 1 aliphatic heterocycles. The van der Waals surface area contributed by atoms with Gasteiger partial charge in [-0.05, 0) is 36.7 Å². The second-order valence-electron chi connectivity index (χ2n) is 6.03. The molecule has 2 rings (SSSR count). The number of hydrogen-bond acceptors (Lipinski definition) is 5. The molecular weight excluding hydrogens is 342 g/mol. The monoisotopic (exact) mass is 361 g/mol. The normalized spacial score (nSPS) is 22.5. The zero-order valence-electron chi connectivity index (χ0n) is 12.5. The Hall–Kier alpha value is -1.28. The number of nitrogens with zero attached hydrogens (tertiary/aromatic N) is 3. The number of rotatable bonds is 2. The molecule has 1 saturated heterocycles. The van der Waals surface area contributed by atoms with E-state index < -0.39 is 23.9 Å². The van der Waals surface area contributed by atoms with Gasteiger partial charge in [-0.3, -0.25) is 4.68 Å². The van der Waals surface area contributed by atoms with Crippen LogP contribution in [-0.2, 0) is 11.8 Å². The van der Waals surface area contributed by atoms with Gasteiger partial charge < -0.3 is 19.5 Å². The Morgan fingerprint density at radius 2 is 2.14 bits per heavy atom. The van der Waals surface area contributed by atoms with Gasteiger partial charge in [0.15, 0.2) is 5.75 Å². The summed E-state index contributed by atoms with van der Waals surface area (Å²) in [4.78, 5) is 13.4. The molecule has 21 heavy (non-hydrogen) atoms. The summed E-state index contributed by atoms with van der Waals surface area (Å²) in [5.41, 5.74) is -0.562. The summed E-state index contributed by atoms with van der Waals surface area (Å²) in [5.74, 6) is 0.535. The molecule has 8 heteroatoms. The molecule has 7 nitrogen and oxygen atoms in total. The third kappa shape index (κ3) is 3.88. The number of hydrogen-bond donors (Lipinski definition) is 1. The summed E-state index contributed by atoms with van der Waals surface area (Å²) >= 11 is 3.35. The van der Waals surface area contributed by atoms with Crippen molar-refractivity contribution in [2.45, 2.75) is 38.6 Å². The van der Waals surface area contributed by atoms with Crippen LogP contribution < -0.4 is 4.74 Å². The third-order valence-electron chi connectivity index (χ3n) is 3.00. The second-order valence-corrected chi connectivity index (χ2v) is 6.78. The number of aliphatic hydroxyl groups excluding tert-OH is 1. The van der Waals surface area contributed by atoms with E-state index in [1.165, 1.54) is 4.90 Å². The Labute approximate surface area is 131 Å². The molecule has 0 radical (unpaired) electrons. The maximum atomic E-state index is 12.0. The molecular formula is C13H20BrN3O4. The second kappa shape index (κ2) is 5.84. The van der Waals surface area contributed by atoms with Crippen molar-refractivity contribution in [3.8, 4) is 5.75 Å². The molecule has 1 aliphatic rings. The molecule has 0 aliphatic carbocycles. The van der Waals surface area contributed by atoms with Gasteiger partial charge in [-0.15, -0.1) is 0 Å². The van der Waals surface area contributed by atoms with Crippen LogP contribution in [0, 0.1) is 0 Å². The SMILES string of the molecule is Cn1ncc(OC2CN(C(=O)OC(C)(C)C)CC2O)c1Br. The lowest BCUT2D eigenvalue weighted by Crippen LogP contribution is -2.36. The number of aliphatic hydroxyl groups is 1. The standard InChI is InChI=1S/C13H20BrN3O4/c1-13(2,3)21-12(19)17-6-8(18)10(7-17)20-9-5-15-16(4)11(9)14/h5,8,10,18H,6-7H2,1-4H3. The molecule has 1 aromatic heterocycles. The average molecular weight is 362 g/mol. The molecule has 2 heterocycles. The van der Waals surface area contributed by atoms with Crippen molar-refractivity contribution in [1.82, 2.24) is 14.7 Å². The molecule has 0 bridgehead atoms. The Kier molecular flexibility index (Phi) is 4.48. The molecule has 1 amide bonds. The largest absolute Gasteiger partial charge is 0.481 e. The molecule has 2 unspecified atom stereocenters.